The second-order valence-electron chi connectivity index (χ2n) is 3.39. The van der Waals surface area contributed by atoms with Crippen molar-refractivity contribution in [2.24, 2.45) is 11.5 Å². The summed E-state index contributed by atoms with van der Waals surface area (Å²) in [6, 6.07) is 7.42. The Morgan fingerprint density at radius 2 is 1.88 bits per heavy atom. The number of carbonyl (C=O) groups is 1. The lowest BCUT2D eigenvalue weighted by atomic mass is 10.2. The highest BCUT2D eigenvalue weighted by Crippen LogP contribution is 2.14. The Kier molecular flexibility index (Phi) is 4.25. The maximum absolute atomic E-state index is 10.9. The Hall–Kier alpha value is -1.62. The van der Waals surface area contributed by atoms with Crippen molar-refractivity contribution in [1.82, 2.24) is 0 Å². The first kappa shape index (κ1) is 12.4. The predicted molar refractivity (Wildman–Crippen MR) is 69.4 cm³/mol. The number of carbonyl (C=O) groups excluding carboxylic acids is 1. The molecule has 4 N–H and O–H groups in total. The largest absolute Gasteiger partial charge is 0.389 e. The van der Waals surface area contributed by atoms with Gasteiger partial charge in [-0.15, -0.1) is 0 Å². The van der Waals surface area contributed by atoms with Crippen molar-refractivity contribution < 1.29 is 4.79 Å². The normalized spacial score (nSPS) is 9.81. The van der Waals surface area contributed by atoms with Crippen molar-refractivity contribution in [2.75, 3.05) is 18.0 Å². The zero-order valence-electron chi connectivity index (χ0n) is 9.14. The molecule has 1 aromatic rings. The van der Waals surface area contributed by atoms with E-state index in [4.69, 9.17) is 23.7 Å². The summed E-state index contributed by atoms with van der Waals surface area (Å²) in [4.78, 5) is 13.1. The molecule has 0 saturated heterocycles. The van der Waals surface area contributed by atoms with Gasteiger partial charge in [-0.05, 0) is 31.2 Å². The van der Waals surface area contributed by atoms with Gasteiger partial charge in [0.25, 0.3) is 0 Å². The van der Waals surface area contributed by atoms with Gasteiger partial charge in [0.15, 0.2) is 0 Å². The van der Waals surface area contributed by atoms with Gasteiger partial charge in [-0.25, -0.2) is 0 Å². The van der Waals surface area contributed by atoms with E-state index in [-0.39, 0.29) is 12.5 Å². The van der Waals surface area contributed by atoms with Gasteiger partial charge in [-0.1, -0.05) is 12.2 Å². The molecule has 5 heteroatoms. The van der Waals surface area contributed by atoms with E-state index in [9.17, 15) is 4.79 Å². The third-order valence-corrected chi connectivity index (χ3v) is 2.48. The minimum atomic E-state index is -0.347. The van der Waals surface area contributed by atoms with Crippen LogP contribution in [0.15, 0.2) is 24.3 Å². The summed E-state index contributed by atoms with van der Waals surface area (Å²) in [7, 11) is 0. The number of benzene rings is 1. The molecule has 86 valence electrons. The van der Waals surface area contributed by atoms with Gasteiger partial charge in [0, 0.05) is 17.8 Å². The molecule has 0 heterocycles. The zero-order chi connectivity index (χ0) is 12.1. The van der Waals surface area contributed by atoms with E-state index in [1.54, 1.807) is 0 Å². The van der Waals surface area contributed by atoms with Crippen molar-refractivity contribution >= 4 is 28.8 Å². The zero-order valence-corrected chi connectivity index (χ0v) is 9.96. The average molecular weight is 237 g/mol. The minimum Gasteiger partial charge on any atom is -0.389 e. The Morgan fingerprint density at radius 1 is 1.31 bits per heavy atom. The Balaban J connectivity index is 2.86. The number of hydrogen-bond acceptors (Lipinski definition) is 3. The molecular weight excluding hydrogens is 222 g/mol. The number of anilines is 1. The van der Waals surface area contributed by atoms with Gasteiger partial charge < -0.3 is 16.4 Å². The van der Waals surface area contributed by atoms with Crippen LogP contribution in [0, 0.1) is 0 Å². The van der Waals surface area contributed by atoms with Crippen molar-refractivity contribution in [3.8, 4) is 0 Å². The highest BCUT2D eigenvalue weighted by molar-refractivity contribution is 7.80. The third-order valence-electron chi connectivity index (χ3n) is 2.25. The molecule has 1 rings (SSSR count). The van der Waals surface area contributed by atoms with Crippen LogP contribution >= 0.6 is 12.2 Å². The van der Waals surface area contributed by atoms with Crippen LogP contribution in [0.25, 0.3) is 0 Å². The molecule has 0 aliphatic heterocycles. The number of amides is 1. The van der Waals surface area contributed by atoms with Gasteiger partial charge in [-0.3, -0.25) is 4.79 Å². The number of primary amides is 1. The predicted octanol–water partition coefficient (Wildman–Crippen LogP) is 0.632. The maximum Gasteiger partial charge on any atom is 0.236 e. The lowest BCUT2D eigenvalue weighted by Gasteiger charge is -2.21. The van der Waals surface area contributed by atoms with E-state index in [0.29, 0.717) is 4.99 Å². The molecule has 0 spiro atoms. The number of hydrogen-bond donors (Lipinski definition) is 2. The second-order valence-corrected chi connectivity index (χ2v) is 3.83. The molecule has 4 nitrogen and oxygen atoms in total. The number of rotatable bonds is 5. The highest BCUT2D eigenvalue weighted by Gasteiger charge is 2.07. The van der Waals surface area contributed by atoms with Gasteiger partial charge >= 0.3 is 0 Å². The fraction of sp³-hybridized carbons (Fsp3) is 0.273. The minimum absolute atomic E-state index is 0.211. The van der Waals surface area contributed by atoms with Crippen molar-refractivity contribution in [2.45, 2.75) is 6.92 Å². The van der Waals surface area contributed by atoms with Crippen LogP contribution in [0.2, 0.25) is 0 Å². The van der Waals surface area contributed by atoms with Gasteiger partial charge in [0.05, 0.1) is 6.54 Å². The van der Waals surface area contributed by atoms with Crippen molar-refractivity contribution in [3.05, 3.63) is 29.8 Å². The van der Waals surface area contributed by atoms with Gasteiger partial charge in [0.1, 0.15) is 4.99 Å². The van der Waals surface area contributed by atoms with Crippen LogP contribution in [-0.4, -0.2) is 24.0 Å². The van der Waals surface area contributed by atoms with E-state index < -0.39 is 0 Å². The summed E-state index contributed by atoms with van der Waals surface area (Å²) in [6.07, 6.45) is 0. The van der Waals surface area contributed by atoms with Crippen LogP contribution in [0.5, 0.6) is 0 Å². The van der Waals surface area contributed by atoms with Crippen LogP contribution in [0.3, 0.4) is 0 Å². The smallest absolute Gasteiger partial charge is 0.236 e. The number of thiocarbonyl (C=S) groups is 1. The van der Waals surface area contributed by atoms with Crippen molar-refractivity contribution in [3.63, 3.8) is 0 Å². The molecule has 0 aromatic heterocycles. The molecule has 1 amide bonds. The first-order chi connectivity index (χ1) is 7.54. The van der Waals surface area contributed by atoms with Crippen molar-refractivity contribution in [1.29, 1.82) is 0 Å². The standard InChI is InChI=1S/C11H15N3OS/c1-2-14(7-10(12)15)9-5-3-8(4-6-9)11(13)16/h3-6H,2,7H2,1H3,(H2,12,15)(H2,13,16). The molecule has 16 heavy (non-hydrogen) atoms. The number of nitrogens with two attached hydrogens (primary N) is 2. The molecule has 1 aromatic carbocycles. The first-order valence-corrected chi connectivity index (χ1v) is 5.38. The molecular formula is C11H15N3OS. The Labute approximate surface area is 100 Å². The molecule has 0 atom stereocenters. The third kappa shape index (κ3) is 3.20. The summed E-state index contributed by atoms with van der Waals surface area (Å²) in [5.74, 6) is -0.347. The van der Waals surface area contributed by atoms with E-state index in [0.717, 1.165) is 17.8 Å². The van der Waals surface area contributed by atoms with E-state index in [1.807, 2.05) is 36.1 Å². The summed E-state index contributed by atoms with van der Waals surface area (Å²) in [5.41, 5.74) is 12.4. The maximum atomic E-state index is 10.9. The topological polar surface area (TPSA) is 72.3 Å². The van der Waals surface area contributed by atoms with Crippen LogP contribution < -0.4 is 16.4 Å². The molecule has 0 saturated carbocycles. The Morgan fingerprint density at radius 3 is 2.25 bits per heavy atom. The lowest BCUT2D eigenvalue weighted by molar-refractivity contribution is -0.116. The van der Waals surface area contributed by atoms with Crippen LogP contribution in [0.4, 0.5) is 5.69 Å². The van der Waals surface area contributed by atoms with Gasteiger partial charge in [0.2, 0.25) is 5.91 Å². The van der Waals surface area contributed by atoms with Crippen LogP contribution in [-0.2, 0) is 4.79 Å². The number of nitrogens with zero attached hydrogens (tertiary/aromatic N) is 1. The molecule has 0 aliphatic rings. The van der Waals surface area contributed by atoms with E-state index in [2.05, 4.69) is 0 Å². The number of likely N-dealkylation sites (N-methyl/N-ethyl adjacent to an activating group) is 1. The summed E-state index contributed by atoms with van der Waals surface area (Å²) < 4.78 is 0. The molecule has 0 fully saturated rings. The summed E-state index contributed by atoms with van der Waals surface area (Å²) >= 11 is 4.86. The fourth-order valence-corrected chi connectivity index (χ4v) is 1.55. The summed E-state index contributed by atoms with van der Waals surface area (Å²) in [5, 5.41) is 0. The SMILES string of the molecule is CCN(CC(N)=O)c1ccc(C(N)=S)cc1. The molecule has 0 radical (unpaired) electrons. The first-order valence-electron chi connectivity index (χ1n) is 4.97. The van der Waals surface area contributed by atoms with Crippen LogP contribution in [0.1, 0.15) is 12.5 Å². The monoisotopic (exact) mass is 237 g/mol. The lowest BCUT2D eigenvalue weighted by Crippen LogP contribution is -2.33. The Bertz CT molecular complexity index is 389. The average Bonchev–Trinajstić information content (AvgIpc) is 2.25. The highest BCUT2D eigenvalue weighted by atomic mass is 32.1. The summed E-state index contributed by atoms with van der Waals surface area (Å²) in [6.45, 7) is 2.89. The fourth-order valence-electron chi connectivity index (χ4n) is 1.41. The second kappa shape index (κ2) is 5.46. The quantitative estimate of drug-likeness (QED) is 0.737. The molecule has 0 bridgehead atoms. The molecule has 0 unspecified atom stereocenters. The van der Waals surface area contributed by atoms with Gasteiger partial charge in [-0.2, -0.15) is 0 Å². The van der Waals surface area contributed by atoms with E-state index in [1.165, 1.54) is 0 Å². The molecule has 0 aliphatic carbocycles. The van der Waals surface area contributed by atoms with E-state index >= 15 is 0 Å².